The molecule has 1 atom stereocenters. The predicted octanol–water partition coefficient (Wildman–Crippen LogP) is 3.09. The van der Waals surface area contributed by atoms with E-state index in [0.717, 1.165) is 13.2 Å². The topological polar surface area (TPSA) is 24.5 Å². The molecule has 0 aromatic carbocycles. The Kier molecular flexibility index (Phi) is 4.01. The first-order chi connectivity index (χ1) is 10.3. The first-order valence-corrected chi connectivity index (χ1v) is 9.42. The van der Waals surface area contributed by atoms with Gasteiger partial charge in [0.25, 0.3) is 0 Å². The first-order valence-electron chi connectivity index (χ1n) is 9.42. The van der Waals surface area contributed by atoms with E-state index < -0.39 is 0 Å². The SMILES string of the molecule is C1CCC2(CC1)CN(C1CCOC1)C1(CCCCC1)CN2. The number of nitrogens with one attached hydrogen (secondary N) is 1. The lowest BCUT2D eigenvalue weighted by molar-refractivity contribution is -0.0575. The minimum atomic E-state index is 0.434. The summed E-state index contributed by atoms with van der Waals surface area (Å²) in [5.74, 6) is 0. The third-order valence-corrected chi connectivity index (χ3v) is 6.82. The van der Waals surface area contributed by atoms with E-state index in [2.05, 4.69) is 10.2 Å². The van der Waals surface area contributed by atoms with Crippen LogP contribution in [0.25, 0.3) is 0 Å². The zero-order valence-electron chi connectivity index (χ0n) is 13.5. The van der Waals surface area contributed by atoms with E-state index in [1.54, 1.807) is 0 Å². The molecule has 1 unspecified atom stereocenters. The van der Waals surface area contributed by atoms with Crippen molar-refractivity contribution in [2.45, 2.75) is 87.7 Å². The van der Waals surface area contributed by atoms with Crippen LogP contribution in [0.1, 0.15) is 70.6 Å². The van der Waals surface area contributed by atoms with Crippen molar-refractivity contribution in [3.8, 4) is 0 Å². The van der Waals surface area contributed by atoms with Gasteiger partial charge in [0.15, 0.2) is 0 Å². The molecule has 3 nitrogen and oxygen atoms in total. The molecule has 2 spiro atoms. The Bertz CT molecular complexity index is 352. The zero-order valence-corrected chi connectivity index (χ0v) is 13.5. The molecular formula is C18H32N2O. The van der Waals surface area contributed by atoms with Crippen LogP contribution in [-0.2, 0) is 4.74 Å². The van der Waals surface area contributed by atoms with Gasteiger partial charge in [-0.2, -0.15) is 0 Å². The highest BCUT2D eigenvalue weighted by Gasteiger charge is 2.50. The van der Waals surface area contributed by atoms with E-state index in [4.69, 9.17) is 4.74 Å². The van der Waals surface area contributed by atoms with Crippen molar-refractivity contribution in [2.75, 3.05) is 26.3 Å². The monoisotopic (exact) mass is 292 g/mol. The summed E-state index contributed by atoms with van der Waals surface area (Å²) in [6, 6.07) is 0.698. The van der Waals surface area contributed by atoms with E-state index in [0.29, 0.717) is 17.1 Å². The minimum absolute atomic E-state index is 0.434. The first kappa shape index (κ1) is 14.5. The molecule has 2 heterocycles. The number of rotatable bonds is 1. The molecular weight excluding hydrogens is 260 g/mol. The van der Waals surface area contributed by atoms with Gasteiger partial charge in [-0.25, -0.2) is 0 Å². The van der Waals surface area contributed by atoms with Crippen molar-refractivity contribution in [2.24, 2.45) is 0 Å². The summed E-state index contributed by atoms with van der Waals surface area (Å²) >= 11 is 0. The number of ether oxygens (including phenoxy) is 1. The molecule has 120 valence electrons. The Morgan fingerprint density at radius 1 is 0.905 bits per heavy atom. The van der Waals surface area contributed by atoms with Crippen LogP contribution in [0, 0.1) is 0 Å². The highest BCUT2D eigenvalue weighted by molar-refractivity contribution is 5.09. The van der Waals surface area contributed by atoms with Crippen LogP contribution >= 0.6 is 0 Å². The van der Waals surface area contributed by atoms with Gasteiger partial charge in [0, 0.05) is 36.8 Å². The number of nitrogens with zero attached hydrogens (tertiary/aromatic N) is 1. The molecule has 2 saturated carbocycles. The number of hydrogen-bond acceptors (Lipinski definition) is 3. The van der Waals surface area contributed by atoms with Crippen molar-refractivity contribution in [1.82, 2.24) is 10.2 Å². The van der Waals surface area contributed by atoms with Crippen LogP contribution < -0.4 is 5.32 Å². The lowest BCUT2D eigenvalue weighted by Crippen LogP contribution is -2.72. The maximum Gasteiger partial charge on any atom is 0.0622 e. The fraction of sp³-hybridized carbons (Fsp3) is 1.00. The Balaban J connectivity index is 1.57. The van der Waals surface area contributed by atoms with Crippen molar-refractivity contribution < 1.29 is 4.74 Å². The Morgan fingerprint density at radius 3 is 2.29 bits per heavy atom. The molecule has 21 heavy (non-hydrogen) atoms. The molecule has 4 fully saturated rings. The molecule has 0 bridgehead atoms. The molecule has 0 radical (unpaired) electrons. The lowest BCUT2D eigenvalue weighted by atomic mass is 9.72. The van der Waals surface area contributed by atoms with Crippen LogP contribution in [0.5, 0.6) is 0 Å². The van der Waals surface area contributed by atoms with Crippen molar-refractivity contribution in [3.63, 3.8) is 0 Å². The third kappa shape index (κ3) is 2.66. The fourth-order valence-electron chi connectivity index (χ4n) is 5.52. The Labute approximate surface area is 129 Å². The van der Waals surface area contributed by atoms with Gasteiger partial charge >= 0.3 is 0 Å². The largest absolute Gasteiger partial charge is 0.380 e. The maximum absolute atomic E-state index is 5.76. The summed E-state index contributed by atoms with van der Waals surface area (Å²) in [6.07, 6.45) is 15.5. The van der Waals surface area contributed by atoms with Crippen LogP contribution in [0.15, 0.2) is 0 Å². The summed E-state index contributed by atoms with van der Waals surface area (Å²) in [4.78, 5) is 2.95. The quantitative estimate of drug-likeness (QED) is 0.804. The van der Waals surface area contributed by atoms with Gasteiger partial charge < -0.3 is 10.1 Å². The van der Waals surface area contributed by atoms with E-state index in [-0.39, 0.29) is 0 Å². The van der Waals surface area contributed by atoms with Crippen LogP contribution in [0.2, 0.25) is 0 Å². The maximum atomic E-state index is 5.76. The Hall–Kier alpha value is -0.120. The number of hydrogen-bond donors (Lipinski definition) is 1. The second-order valence-electron chi connectivity index (χ2n) is 8.12. The summed E-state index contributed by atoms with van der Waals surface area (Å²) in [5, 5.41) is 4.07. The molecule has 0 aromatic rings. The summed E-state index contributed by atoms with van der Waals surface area (Å²) in [5.41, 5.74) is 0.892. The molecule has 0 amide bonds. The van der Waals surface area contributed by atoms with E-state index in [9.17, 15) is 0 Å². The average Bonchev–Trinajstić information content (AvgIpc) is 3.06. The molecule has 2 aliphatic carbocycles. The molecule has 3 heteroatoms. The highest BCUT2D eigenvalue weighted by atomic mass is 16.5. The van der Waals surface area contributed by atoms with Gasteiger partial charge in [-0.1, -0.05) is 38.5 Å². The molecule has 4 aliphatic rings. The standard InChI is InChI=1S/C18H32N2O/c1-3-8-17(9-4-1)15-20(16-7-12-21-13-16)18(14-19-17)10-5-2-6-11-18/h16,19H,1-15H2. The summed E-state index contributed by atoms with van der Waals surface area (Å²) in [6.45, 7) is 4.50. The van der Waals surface area contributed by atoms with Gasteiger partial charge in [-0.05, 0) is 32.1 Å². The number of piperazine rings is 1. The van der Waals surface area contributed by atoms with E-state index in [1.807, 2.05) is 0 Å². The van der Waals surface area contributed by atoms with E-state index >= 15 is 0 Å². The van der Waals surface area contributed by atoms with Gasteiger partial charge in [-0.3, -0.25) is 4.90 Å². The van der Waals surface area contributed by atoms with Gasteiger partial charge in [0.1, 0.15) is 0 Å². The molecule has 2 aliphatic heterocycles. The second-order valence-corrected chi connectivity index (χ2v) is 8.12. The molecule has 0 aromatic heterocycles. The van der Waals surface area contributed by atoms with Gasteiger partial charge in [0.2, 0.25) is 0 Å². The normalized spacial score (nSPS) is 36.3. The van der Waals surface area contributed by atoms with Gasteiger partial charge in [0.05, 0.1) is 6.61 Å². The van der Waals surface area contributed by atoms with Crippen LogP contribution in [-0.4, -0.2) is 48.3 Å². The Morgan fingerprint density at radius 2 is 1.62 bits per heavy atom. The van der Waals surface area contributed by atoms with Crippen molar-refractivity contribution in [3.05, 3.63) is 0 Å². The van der Waals surface area contributed by atoms with Crippen molar-refractivity contribution in [1.29, 1.82) is 0 Å². The van der Waals surface area contributed by atoms with Gasteiger partial charge in [-0.15, -0.1) is 0 Å². The van der Waals surface area contributed by atoms with Crippen LogP contribution in [0.3, 0.4) is 0 Å². The lowest BCUT2D eigenvalue weighted by Gasteiger charge is -2.59. The smallest absolute Gasteiger partial charge is 0.0622 e. The highest BCUT2D eigenvalue weighted by Crippen LogP contribution is 2.42. The predicted molar refractivity (Wildman–Crippen MR) is 85.6 cm³/mol. The molecule has 1 N–H and O–H groups in total. The summed E-state index contributed by atoms with van der Waals surface area (Å²) in [7, 11) is 0. The van der Waals surface area contributed by atoms with Crippen molar-refractivity contribution >= 4 is 0 Å². The molecule has 4 rings (SSSR count). The fourth-order valence-corrected chi connectivity index (χ4v) is 5.52. The minimum Gasteiger partial charge on any atom is -0.380 e. The second kappa shape index (κ2) is 5.82. The average molecular weight is 292 g/mol. The zero-order chi connectivity index (χ0) is 14.2. The van der Waals surface area contributed by atoms with E-state index in [1.165, 1.54) is 83.7 Å². The summed E-state index contributed by atoms with van der Waals surface area (Å²) < 4.78 is 5.76. The third-order valence-electron chi connectivity index (χ3n) is 6.82. The van der Waals surface area contributed by atoms with Crippen LogP contribution in [0.4, 0.5) is 0 Å². The molecule has 2 saturated heterocycles.